The molecule has 1 aliphatic carbocycles. The zero-order valence-electron chi connectivity index (χ0n) is 15.3. The summed E-state index contributed by atoms with van der Waals surface area (Å²) in [5.41, 5.74) is 7.77. The number of aromatic amines is 1. The van der Waals surface area contributed by atoms with Gasteiger partial charge in [0.15, 0.2) is 0 Å². The molecule has 146 valence electrons. The van der Waals surface area contributed by atoms with Crippen LogP contribution in [-0.2, 0) is 9.59 Å². The molecule has 27 heavy (non-hydrogen) atoms. The number of amides is 1. The van der Waals surface area contributed by atoms with Crippen LogP contribution in [0.15, 0.2) is 18.5 Å². The predicted molar refractivity (Wildman–Crippen MR) is 99.5 cm³/mol. The normalized spacial score (nSPS) is 18.2. The van der Waals surface area contributed by atoms with Gasteiger partial charge in [0.2, 0.25) is 0 Å². The number of anilines is 1. The molecule has 6 N–H and O–H groups in total. The number of carbonyl (C=O) groups excluding carboxylic acids is 1. The van der Waals surface area contributed by atoms with Crippen LogP contribution in [0.1, 0.15) is 49.9 Å². The Morgan fingerprint density at radius 2 is 1.93 bits per heavy atom. The first-order chi connectivity index (χ1) is 12.6. The summed E-state index contributed by atoms with van der Waals surface area (Å²) in [5.74, 6) is -4.09. The number of rotatable bonds is 3. The van der Waals surface area contributed by atoms with Gasteiger partial charge in [-0.1, -0.05) is 26.7 Å². The van der Waals surface area contributed by atoms with Gasteiger partial charge in [-0.15, -0.1) is 0 Å². The van der Waals surface area contributed by atoms with Gasteiger partial charge in [0.1, 0.15) is 5.65 Å². The molecule has 1 fully saturated rings. The third kappa shape index (κ3) is 4.75. The van der Waals surface area contributed by atoms with Crippen LogP contribution < -0.4 is 11.1 Å². The van der Waals surface area contributed by atoms with Crippen LogP contribution >= 0.6 is 0 Å². The maximum Gasteiger partial charge on any atom is 0.414 e. The van der Waals surface area contributed by atoms with E-state index in [-0.39, 0.29) is 5.41 Å². The summed E-state index contributed by atoms with van der Waals surface area (Å²) in [6.45, 7) is 4.56. The Kier molecular flexibility index (Phi) is 6.04. The van der Waals surface area contributed by atoms with Crippen molar-refractivity contribution in [1.82, 2.24) is 9.97 Å². The molecule has 9 heteroatoms. The molecule has 1 aliphatic rings. The number of hydrogen-bond donors (Lipinski definition) is 5. The number of carboxylic acids is 2. The summed E-state index contributed by atoms with van der Waals surface area (Å²) in [5, 5.41) is 19.3. The second kappa shape index (κ2) is 8.07. The van der Waals surface area contributed by atoms with E-state index in [0.29, 0.717) is 11.6 Å². The molecule has 1 amide bonds. The minimum atomic E-state index is -1.82. The summed E-state index contributed by atoms with van der Waals surface area (Å²) in [7, 11) is 0. The fourth-order valence-corrected chi connectivity index (χ4v) is 3.29. The number of carbonyl (C=O) groups is 3. The number of nitrogens with one attached hydrogen (secondary N) is 2. The lowest BCUT2D eigenvalue weighted by molar-refractivity contribution is -0.159. The van der Waals surface area contributed by atoms with Crippen molar-refractivity contribution in [3.05, 3.63) is 24.0 Å². The van der Waals surface area contributed by atoms with Crippen molar-refractivity contribution >= 4 is 34.6 Å². The molecule has 0 radical (unpaired) electrons. The summed E-state index contributed by atoms with van der Waals surface area (Å²) in [6, 6.07) is 2.28. The van der Waals surface area contributed by atoms with E-state index in [1.54, 1.807) is 6.20 Å². The van der Waals surface area contributed by atoms with Crippen molar-refractivity contribution in [2.75, 3.05) is 5.32 Å². The lowest BCUT2D eigenvalue weighted by Gasteiger charge is -2.40. The van der Waals surface area contributed by atoms with E-state index in [4.69, 9.17) is 25.5 Å². The summed E-state index contributed by atoms with van der Waals surface area (Å²) >= 11 is 0. The molecule has 0 bridgehead atoms. The molecule has 2 aromatic rings. The van der Waals surface area contributed by atoms with Gasteiger partial charge in [-0.25, -0.2) is 14.6 Å². The monoisotopic (exact) mass is 376 g/mol. The number of aliphatic carboxylic acids is 2. The lowest BCUT2D eigenvalue weighted by Crippen LogP contribution is -2.39. The molecule has 0 spiro atoms. The Bertz CT molecular complexity index is 847. The molecule has 3 rings (SSSR count). The summed E-state index contributed by atoms with van der Waals surface area (Å²) in [6.07, 6.45) is 8.18. The molecule has 2 heterocycles. The van der Waals surface area contributed by atoms with Crippen LogP contribution in [0.3, 0.4) is 0 Å². The van der Waals surface area contributed by atoms with Crippen LogP contribution in [0.5, 0.6) is 0 Å². The molecule has 1 saturated carbocycles. The van der Waals surface area contributed by atoms with Crippen molar-refractivity contribution in [2.24, 2.45) is 11.1 Å². The maximum absolute atomic E-state index is 11.7. The van der Waals surface area contributed by atoms with E-state index in [0.717, 1.165) is 23.1 Å². The third-order valence-electron chi connectivity index (χ3n) is 4.86. The highest BCUT2D eigenvalue weighted by atomic mass is 16.4. The topological polar surface area (TPSA) is 158 Å². The number of carboxylic acid groups (broad SMARTS) is 2. The zero-order valence-corrected chi connectivity index (χ0v) is 15.3. The zero-order chi connectivity index (χ0) is 20.2. The highest BCUT2D eigenvalue weighted by Crippen LogP contribution is 2.38. The van der Waals surface area contributed by atoms with E-state index in [1.165, 1.54) is 19.3 Å². The highest BCUT2D eigenvalue weighted by Gasteiger charge is 2.33. The molecule has 0 aliphatic heterocycles. The number of nitrogens with two attached hydrogens (primary N) is 1. The van der Waals surface area contributed by atoms with Gasteiger partial charge in [-0.05, 0) is 24.3 Å². The average molecular weight is 376 g/mol. The number of nitrogens with zero attached hydrogens (tertiary/aromatic N) is 1. The minimum absolute atomic E-state index is 0.207. The second-order valence-electron chi connectivity index (χ2n) is 7.19. The fourth-order valence-electron chi connectivity index (χ4n) is 3.29. The molecule has 1 unspecified atom stereocenters. The number of pyridine rings is 1. The Hall–Kier alpha value is -3.10. The van der Waals surface area contributed by atoms with Gasteiger partial charge in [-0.3, -0.25) is 4.79 Å². The van der Waals surface area contributed by atoms with Gasteiger partial charge in [-0.2, -0.15) is 0 Å². The van der Waals surface area contributed by atoms with E-state index in [9.17, 15) is 4.79 Å². The van der Waals surface area contributed by atoms with Crippen LogP contribution in [0, 0.1) is 5.41 Å². The molecule has 0 aromatic carbocycles. The first-order valence-electron chi connectivity index (χ1n) is 8.62. The van der Waals surface area contributed by atoms with Gasteiger partial charge in [0.25, 0.3) is 5.91 Å². The standard InChI is InChI=1S/C16H22N4O.C2H2O4/c1-16(2)7-4-3-5-12(16)20-13-10-6-8-18-15(10)19-9-11(13)14(17)21;3-1(4)2(5)6/h6,8-9,12H,3-5,7H2,1-2H3,(H2,17,21)(H2,18,19,20);(H,3,4)(H,5,6). The number of H-pyrrole nitrogens is 1. The molecular weight excluding hydrogens is 352 g/mol. The Morgan fingerprint density at radius 1 is 1.26 bits per heavy atom. The van der Waals surface area contributed by atoms with E-state index in [2.05, 4.69) is 29.1 Å². The number of primary amides is 1. The first-order valence-corrected chi connectivity index (χ1v) is 8.62. The summed E-state index contributed by atoms with van der Waals surface area (Å²) in [4.78, 5) is 37.3. The quantitative estimate of drug-likeness (QED) is 0.513. The molecule has 0 saturated heterocycles. The van der Waals surface area contributed by atoms with Crippen molar-refractivity contribution in [3.8, 4) is 0 Å². The Labute approximate surface area is 156 Å². The predicted octanol–water partition coefficient (Wildman–Crippen LogP) is 2.20. The van der Waals surface area contributed by atoms with E-state index < -0.39 is 17.8 Å². The smallest absolute Gasteiger partial charge is 0.414 e. The fraction of sp³-hybridized carbons (Fsp3) is 0.444. The lowest BCUT2D eigenvalue weighted by atomic mass is 9.73. The van der Waals surface area contributed by atoms with Crippen molar-refractivity contribution in [1.29, 1.82) is 0 Å². The van der Waals surface area contributed by atoms with Crippen LogP contribution in [0.25, 0.3) is 11.0 Å². The molecule has 1 atom stereocenters. The summed E-state index contributed by atoms with van der Waals surface area (Å²) < 4.78 is 0. The van der Waals surface area contributed by atoms with E-state index >= 15 is 0 Å². The Morgan fingerprint density at radius 3 is 2.48 bits per heavy atom. The number of fused-ring (bicyclic) bond motifs is 1. The average Bonchev–Trinajstić information content (AvgIpc) is 3.06. The van der Waals surface area contributed by atoms with Crippen LogP contribution in [0.2, 0.25) is 0 Å². The van der Waals surface area contributed by atoms with E-state index in [1.807, 2.05) is 12.3 Å². The van der Waals surface area contributed by atoms with Crippen LogP contribution in [-0.4, -0.2) is 44.1 Å². The van der Waals surface area contributed by atoms with Crippen molar-refractivity contribution in [3.63, 3.8) is 0 Å². The van der Waals surface area contributed by atoms with Crippen molar-refractivity contribution < 1.29 is 24.6 Å². The largest absolute Gasteiger partial charge is 0.473 e. The number of hydrogen-bond acceptors (Lipinski definition) is 5. The van der Waals surface area contributed by atoms with Crippen LogP contribution in [0.4, 0.5) is 5.69 Å². The third-order valence-corrected chi connectivity index (χ3v) is 4.86. The maximum atomic E-state index is 11.7. The second-order valence-corrected chi connectivity index (χ2v) is 7.19. The van der Waals surface area contributed by atoms with Gasteiger partial charge in [0, 0.05) is 23.8 Å². The first kappa shape index (κ1) is 20.2. The number of aromatic nitrogens is 2. The van der Waals surface area contributed by atoms with Crippen molar-refractivity contribution in [2.45, 2.75) is 45.6 Å². The molecule has 9 nitrogen and oxygen atoms in total. The Balaban J connectivity index is 0.000000380. The van der Waals surface area contributed by atoms with Gasteiger partial charge < -0.3 is 26.2 Å². The molecule has 2 aromatic heterocycles. The minimum Gasteiger partial charge on any atom is -0.473 e. The SMILES string of the molecule is CC1(C)CCCCC1Nc1c(C(N)=O)cnc2[nH]ccc12.O=C(O)C(=O)O. The molecular formula is C18H24N4O5. The van der Waals surface area contributed by atoms with Gasteiger partial charge in [0.05, 0.1) is 11.3 Å². The van der Waals surface area contributed by atoms with Gasteiger partial charge >= 0.3 is 11.9 Å². The highest BCUT2D eigenvalue weighted by molar-refractivity contribution is 6.27.